The first kappa shape index (κ1) is 54.0. The lowest BCUT2D eigenvalue weighted by atomic mass is 9.97. The van der Waals surface area contributed by atoms with Gasteiger partial charge in [0.2, 0.25) is 0 Å². The van der Waals surface area contributed by atoms with E-state index < -0.39 is 52.7 Å². The van der Waals surface area contributed by atoms with Crippen molar-refractivity contribution in [3.05, 3.63) is 82.4 Å². The molecule has 4 rings (SSSR count). The van der Waals surface area contributed by atoms with Gasteiger partial charge in [-0.15, -0.1) is 0 Å². The molecule has 2 unspecified atom stereocenters. The van der Waals surface area contributed by atoms with Gasteiger partial charge in [-0.25, -0.2) is 25.6 Å². The maximum atomic E-state index is 14.5. The summed E-state index contributed by atoms with van der Waals surface area (Å²) < 4.78 is 78.3. The van der Waals surface area contributed by atoms with Gasteiger partial charge in [0.05, 0.1) is 18.2 Å². The maximum absolute atomic E-state index is 14.5. The Hall–Kier alpha value is -5.30. The van der Waals surface area contributed by atoms with E-state index in [1.807, 2.05) is 23.1 Å². The molecule has 0 aliphatic carbocycles. The molecule has 0 saturated heterocycles. The molecule has 3 N–H and O–H groups in total. The van der Waals surface area contributed by atoms with Crippen LogP contribution in [0.4, 0.5) is 8.78 Å². The van der Waals surface area contributed by atoms with Crippen LogP contribution in [0.25, 0.3) is 11.1 Å². The number of carbonyl (C=O) groups excluding carboxylic acids is 1. The highest BCUT2D eigenvalue weighted by Crippen LogP contribution is 2.29. The zero-order chi connectivity index (χ0) is 48.3. The molecule has 2 aliphatic rings. The molecule has 2 atom stereocenters. The van der Waals surface area contributed by atoms with Crippen molar-refractivity contribution < 1.29 is 55.3 Å². The van der Waals surface area contributed by atoms with Crippen LogP contribution in [-0.2, 0) is 34.0 Å². The number of aliphatic hydroxyl groups excluding tert-OH is 2. The SMILES string of the molecule is CC(CCN1CC=C(c2ccc(C#CC#CCCCO)c(F)c2)CC1)(C(=O)O)S(C)(=O)=O.COC(=O)C(C)(CCN1CC=C(c2ccc(C#CC#CCCCO)c(F)c2)CC1)S(C)(=O)=O. The number of rotatable bonds is 16. The Kier molecular flexibility index (Phi) is 21.1. The van der Waals surface area contributed by atoms with Crippen molar-refractivity contribution in [2.45, 2.75) is 74.7 Å². The van der Waals surface area contributed by atoms with Crippen molar-refractivity contribution in [2.75, 3.05) is 72.1 Å². The first-order valence-electron chi connectivity index (χ1n) is 21.0. The minimum atomic E-state index is -3.75. The lowest BCUT2D eigenvalue weighted by Gasteiger charge is -2.31. The largest absolute Gasteiger partial charge is 0.480 e. The van der Waals surface area contributed by atoms with E-state index in [9.17, 15) is 40.3 Å². The summed E-state index contributed by atoms with van der Waals surface area (Å²) in [6.07, 6.45) is 9.65. The number of unbranched alkanes of at least 4 members (excludes halogenated alkanes) is 2. The quantitative estimate of drug-likeness (QED) is 0.120. The number of aliphatic carboxylic acids is 1. The summed E-state index contributed by atoms with van der Waals surface area (Å²) in [6, 6.07) is 9.78. The molecule has 2 aromatic carbocycles. The molecule has 2 aromatic rings. The highest BCUT2D eigenvalue weighted by molar-refractivity contribution is 7.93. The minimum Gasteiger partial charge on any atom is -0.480 e. The highest BCUT2D eigenvalue weighted by Gasteiger charge is 2.45. The molecule has 0 aromatic heterocycles. The predicted molar refractivity (Wildman–Crippen MR) is 248 cm³/mol. The van der Waals surface area contributed by atoms with Gasteiger partial charge in [-0.05, 0) is 134 Å². The van der Waals surface area contributed by atoms with Crippen LogP contribution in [0.3, 0.4) is 0 Å². The summed E-state index contributed by atoms with van der Waals surface area (Å²) in [4.78, 5) is 27.6. The summed E-state index contributed by atoms with van der Waals surface area (Å²) in [5, 5.41) is 26.8. The van der Waals surface area contributed by atoms with E-state index in [0.717, 1.165) is 34.8 Å². The molecule has 2 heterocycles. The smallest absolute Gasteiger partial charge is 0.326 e. The number of halogens is 2. The third-order valence-electron chi connectivity index (χ3n) is 11.4. The number of aliphatic hydroxyl groups is 2. The Balaban J connectivity index is 0.000000345. The fourth-order valence-corrected chi connectivity index (χ4v) is 8.21. The Morgan fingerprint density at radius 3 is 1.45 bits per heavy atom. The molecule has 350 valence electrons. The van der Waals surface area contributed by atoms with Crippen molar-refractivity contribution in [3.8, 4) is 47.4 Å². The van der Waals surface area contributed by atoms with E-state index in [4.69, 9.17) is 14.9 Å². The minimum absolute atomic E-state index is 0.00473. The van der Waals surface area contributed by atoms with Gasteiger partial charge in [0.15, 0.2) is 29.2 Å². The second kappa shape index (κ2) is 25.4. The number of ether oxygens (including phenoxy) is 1. The first-order valence-corrected chi connectivity index (χ1v) is 24.8. The molecule has 65 heavy (non-hydrogen) atoms. The van der Waals surface area contributed by atoms with Crippen LogP contribution in [0, 0.1) is 59.0 Å². The average Bonchev–Trinajstić information content (AvgIpc) is 3.27. The van der Waals surface area contributed by atoms with Crippen LogP contribution in [0.2, 0.25) is 0 Å². The van der Waals surface area contributed by atoms with Crippen molar-refractivity contribution >= 4 is 42.8 Å². The summed E-state index contributed by atoms with van der Waals surface area (Å²) in [5.41, 5.74) is 4.06. The lowest BCUT2D eigenvalue weighted by molar-refractivity contribution is -0.143. The Morgan fingerprint density at radius 2 is 1.12 bits per heavy atom. The van der Waals surface area contributed by atoms with Gasteiger partial charge in [0.25, 0.3) is 0 Å². The third-order valence-corrected chi connectivity index (χ3v) is 15.4. The number of carbonyl (C=O) groups is 2. The van der Waals surface area contributed by atoms with E-state index in [1.54, 1.807) is 18.2 Å². The standard InChI is InChI=1S/C25H30FNO5S.C24H28FNO5S/c1-25(24(29)32-2,33(3,30)31)14-17-27-15-12-20(13-16-27)22-11-10-21(23(26)19-22)9-7-5-4-6-8-18-28;1-24(23(28)29,32(2,30)31)13-16-26-14-11-19(12-15-26)21-10-9-20(22(25)18-21)8-6-4-3-5-7-17-27/h10-12,19,28H,6,8,13-18H2,1-3H3;9-11,18,27H,5,7,12-17H2,1-2H3,(H,28,29). The third kappa shape index (κ3) is 16.0. The average molecular weight is 937 g/mol. The number of carboxylic acids is 1. The Bertz CT molecular complexity index is 2580. The first-order chi connectivity index (χ1) is 30.7. The number of esters is 1. The Morgan fingerprint density at radius 1 is 0.708 bits per heavy atom. The number of benzene rings is 2. The number of hydrogen-bond acceptors (Lipinski definition) is 11. The topological polar surface area (TPSA) is 179 Å². The fourth-order valence-electron chi connectivity index (χ4n) is 6.58. The monoisotopic (exact) mass is 936 g/mol. The van der Waals surface area contributed by atoms with Crippen LogP contribution in [-0.4, -0.2) is 135 Å². The fraction of sp³-hybridized carbons (Fsp3) is 0.469. The number of sulfone groups is 2. The zero-order valence-corrected chi connectivity index (χ0v) is 39.2. The van der Waals surface area contributed by atoms with Gasteiger partial charge in [0.1, 0.15) is 11.6 Å². The number of methoxy groups -OCH3 is 1. The van der Waals surface area contributed by atoms with Crippen LogP contribution < -0.4 is 0 Å². The molecule has 2 aliphatic heterocycles. The molecular formula is C49H58F2N2O10S2. The summed E-state index contributed by atoms with van der Waals surface area (Å²) >= 11 is 0. The second-order valence-electron chi connectivity index (χ2n) is 16.0. The molecule has 16 heteroatoms. The maximum Gasteiger partial charge on any atom is 0.326 e. The molecule has 0 saturated carbocycles. The molecule has 0 radical (unpaired) electrons. The molecule has 0 fully saturated rings. The zero-order valence-electron chi connectivity index (χ0n) is 37.6. The lowest BCUT2D eigenvalue weighted by Crippen LogP contribution is -2.46. The Labute approximate surface area is 383 Å². The molecule has 0 amide bonds. The predicted octanol–water partition coefficient (Wildman–Crippen LogP) is 4.73. The number of hydrogen-bond donors (Lipinski definition) is 3. The van der Waals surface area contributed by atoms with E-state index in [-0.39, 0.29) is 37.2 Å². The van der Waals surface area contributed by atoms with Crippen LogP contribution in [0.15, 0.2) is 48.6 Å². The van der Waals surface area contributed by atoms with Crippen molar-refractivity contribution in [3.63, 3.8) is 0 Å². The molecule has 0 bridgehead atoms. The normalized spacial score (nSPS) is 16.0. The van der Waals surface area contributed by atoms with Crippen LogP contribution in [0.1, 0.15) is 87.5 Å². The van der Waals surface area contributed by atoms with E-state index in [0.29, 0.717) is 77.8 Å². The van der Waals surface area contributed by atoms with Gasteiger partial charge >= 0.3 is 11.9 Å². The highest BCUT2D eigenvalue weighted by atomic mass is 32.2. The van der Waals surface area contributed by atoms with E-state index in [1.165, 1.54) is 33.1 Å². The van der Waals surface area contributed by atoms with Gasteiger partial charge < -0.3 is 20.1 Å². The molecular weight excluding hydrogens is 879 g/mol. The van der Waals surface area contributed by atoms with Gasteiger partial charge in [-0.2, -0.15) is 0 Å². The summed E-state index contributed by atoms with van der Waals surface area (Å²) in [5.74, 6) is 18.6. The second-order valence-corrected chi connectivity index (χ2v) is 20.9. The van der Waals surface area contributed by atoms with Crippen LogP contribution >= 0.6 is 0 Å². The van der Waals surface area contributed by atoms with E-state index in [2.05, 4.69) is 52.3 Å². The van der Waals surface area contributed by atoms with Gasteiger partial charge in [-0.1, -0.05) is 36.1 Å². The van der Waals surface area contributed by atoms with Crippen molar-refractivity contribution in [2.24, 2.45) is 0 Å². The summed E-state index contributed by atoms with van der Waals surface area (Å²) in [6.45, 7) is 5.94. The molecule has 0 spiro atoms. The van der Waals surface area contributed by atoms with Crippen molar-refractivity contribution in [1.82, 2.24) is 9.80 Å². The van der Waals surface area contributed by atoms with Crippen molar-refractivity contribution in [1.29, 1.82) is 0 Å². The molecule has 12 nitrogen and oxygen atoms in total. The number of nitrogens with zero attached hydrogens (tertiary/aromatic N) is 2. The summed E-state index contributed by atoms with van der Waals surface area (Å²) in [7, 11) is -6.21. The van der Waals surface area contributed by atoms with Gasteiger partial charge in [-0.3, -0.25) is 19.4 Å². The number of carboxylic acid groups (broad SMARTS) is 1. The van der Waals surface area contributed by atoms with Gasteiger partial charge in [0, 0.05) is 77.8 Å². The van der Waals surface area contributed by atoms with E-state index >= 15 is 0 Å². The van der Waals surface area contributed by atoms with Crippen LogP contribution in [0.5, 0.6) is 0 Å².